The number of nitrogens with one attached hydrogen (secondary N) is 1. The van der Waals surface area contributed by atoms with E-state index in [0.717, 1.165) is 31.5 Å². The van der Waals surface area contributed by atoms with Crippen LogP contribution in [-0.2, 0) is 11.3 Å². The number of hydrogen-bond acceptors (Lipinski definition) is 2. The lowest BCUT2D eigenvalue weighted by Crippen LogP contribution is -2.40. The number of likely N-dealkylation sites (tertiary alicyclic amines) is 1. The number of carbonyl (C=O) groups excluding carboxylic acids is 1. The quantitative estimate of drug-likeness (QED) is 0.922. The number of hydrogen-bond donors (Lipinski definition) is 1. The minimum atomic E-state index is -0.276. The topological polar surface area (TPSA) is 32.3 Å². The first-order valence-corrected chi connectivity index (χ1v) is 8.38. The standard InChI is InChI=1S/C17H22ClFN2O/c1-11-9-21(17(22)12-3-2-4-12)10-16(11)20-8-13-7-14(19)5-6-15(13)18/h5-7,11-12,16,20H,2-4,8-10H2,1H3/t11-,16-/m1/s1. The first kappa shape index (κ1) is 15.8. The summed E-state index contributed by atoms with van der Waals surface area (Å²) in [5.41, 5.74) is 0.762. The Kier molecular flexibility index (Phi) is 4.69. The number of rotatable bonds is 4. The summed E-state index contributed by atoms with van der Waals surface area (Å²) >= 11 is 6.09. The van der Waals surface area contributed by atoms with Gasteiger partial charge in [-0.3, -0.25) is 4.79 Å². The molecule has 0 bridgehead atoms. The predicted molar refractivity (Wildman–Crippen MR) is 85.1 cm³/mol. The first-order chi connectivity index (χ1) is 10.5. The molecule has 0 aromatic heterocycles. The Bertz CT molecular complexity index is 562. The summed E-state index contributed by atoms with van der Waals surface area (Å²) in [7, 11) is 0. The van der Waals surface area contributed by atoms with Crippen LogP contribution in [0.25, 0.3) is 0 Å². The van der Waals surface area contributed by atoms with Crippen LogP contribution >= 0.6 is 11.6 Å². The molecule has 0 spiro atoms. The second-order valence-corrected chi connectivity index (χ2v) is 6.98. The van der Waals surface area contributed by atoms with Gasteiger partial charge >= 0.3 is 0 Å². The van der Waals surface area contributed by atoms with Gasteiger partial charge in [0.25, 0.3) is 0 Å². The molecule has 1 saturated carbocycles. The second kappa shape index (κ2) is 6.55. The van der Waals surface area contributed by atoms with Crippen molar-refractivity contribution in [3.05, 3.63) is 34.6 Å². The van der Waals surface area contributed by atoms with Crippen molar-refractivity contribution in [1.29, 1.82) is 0 Å². The highest BCUT2D eigenvalue weighted by Gasteiger charge is 2.36. The van der Waals surface area contributed by atoms with Crippen LogP contribution in [0.3, 0.4) is 0 Å². The molecule has 1 aliphatic heterocycles. The highest BCUT2D eigenvalue weighted by molar-refractivity contribution is 6.31. The fraction of sp³-hybridized carbons (Fsp3) is 0.588. The van der Waals surface area contributed by atoms with Gasteiger partial charge in [0.1, 0.15) is 5.82 Å². The van der Waals surface area contributed by atoms with Crippen LogP contribution in [0.2, 0.25) is 5.02 Å². The van der Waals surface area contributed by atoms with Crippen molar-refractivity contribution >= 4 is 17.5 Å². The molecular weight excluding hydrogens is 303 g/mol. The Morgan fingerprint density at radius 3 is 2.86 bits per heavy atom. The zero-order valence-electron chi connectivity index (χ0n) is 12.8. The van der Waals surface area contributed by atoms with E-state index in [1.54, 1.807) is 6.07 Å². The van der Waals surface area contributed by atoms with Crippen molar-refractivity contribution in [3.63, 3.8) is 0 Å². The fourth-order valence-corrected chi connectivity index (χ4v) is 3.43. The molecule has 2 fully saturated rings. The van der Waals surface area contributed by atoms with Gasteiger partial charge < -0.3 is 10.2 Å². The Morgan fingerprint density at radius 1 is 1.41 bits per heavy atom. The maximum absolute atomic E-state index is 13.3. The summed E-state index contributed by atoms with van der Waals surface area (Å²) in [5.74, 6) is 0.689. The van der Waals surface area contributed by atoms with E-state index in [2.05, 4.69) is 12.2 Å². The van der Waals surface area contributed by atoms with E-state index in [1.807, 2.05) is 4.90 Å². The monoisotopic (exact) mass is 324 g/mol. The smallest absolute Gasteiger partial charge is 0.225 e. The summed E-state index contributed by atoms with van der Waals surface area (Å²) < 4.78 is 13.3. The fourth-order valence-electron chi connectivity index (χ4n) is 3.25. The molecule has 1 aromatic rings. The van der Waals surface area contributed by atoms with Crippen LogP contribution in [0.1, 0.15) is 31.7 Å². The summed E-state index contributed by atoms with van der Waals surface area (Å²) in [6.07, 6.45) is 3.26. The van der Waals surface area contributed by atoms with Crippen molar-refractivity contribution in [2.24, 2.45) is 11.8 Å². The van der Waals surface area contributed by atoms with E-state index in [0.29, 0.717) is 23.4 Å². The normalized spacial score (nSPS) is 25.3. The molecule has 3 rings (SSSR count). The average Bonchev–Trinajstić information content (AvgIpc) is 2.79. The summed E-state index contributed by atoms with van der Waals surface area (Å²) in [6, 6.07) is 4.65. The van der Waals surface area contributed by atoms with Crippen LogP contribution in [0.4, 0.5) is 4.39 Å². The van der Waals surface area contributed by atoms with E-state index in [4.69, 9.17) is 11.6 Å². The Labute approximate surface area is 135 Å². The van der Waals surface area contributed by atoms with Gasteiger partial charge in [-0.05, 0) is 42.5 Å². The first-order valence-electron chi connectivity index (χ1n) is 8.00. The Balaban J connectivity index is 1.56. The minimum Gasteiger partial charge on any atom is -0.341 e. The number of halogens is 2. The lowest BCUT2D eigenvalue weighted by Gasteiger charge is -2.29. The molecule has 1 aromatic carbocycles. The van der Waals surface area contributed by atoms with E-state index in [1.165, 1.54) is 18.6 Å². The third kappa shape index (κ3) is 3.28. The average molecular weight is 325 g/mol. The largest absolute Gasteiger partial charge is 0.341 e. The molecule has 1 heterocycles. The van der Waals surface area contributed by atoms with Gasteiger partial charge in [0.2, 0.25) is 5.91 Å². The third-order valence-electron chi connectivity index (χ3n) is 4.94. The second-order valence-electron chi connectivity index (χ2n) is 6.57. The molecule has 0 radical (unpaired) electrons. The molecule has 1 saturated heterocycles. The zero-order valence-corrected chi connectivity index (χ0v) is 13.6. The predicted octanol–water partition coefficient (Wildman–Crippen LogP) is 3.22. The SMILES string of the molecule is C[C@@H]1CN(C(=O)C2CCC2)C[C@H]1NCc1cc(F)ccc1Cl. The molecule has 3 nitrogen and oxygen atoms in total. The van der Waals surface area contributed by atoms with Gasteiger partial charge in [0, 0.05) is 36.6 Å². The van der Waals surface area contributed by atoms with Crippen molar-refractivity contribution in [2.45, 2.75) is 38.8 Å². The maximum Gasteiger partial charge on any atom is 0.225 e. The van der Waals surface area contributed by atoms with Crippen molar-refractivity contribution in [1.82, 2.24) is 10.2 Å². The van der Waals surface area contributed by atoms with Crippen LogP contribution in [0.15, 0.2) is 18.2 Å². The zero-order chi connectivity index (χ0) is 15.7. The number of carbonyl (C=O) groups is 1. The van der Waals surface area contributed by atoms with Crippen molar-refractivity contribution in [2.75, 3.05) is 13.1 Å². The number of benzene rings is 1. The lowest BCUT2D eigenvalue weighted by molar-refractivity contribution is -0.137. The molecule has 5 heteroatoms. The van der Waals surface area contributed by atoms with E-state index in [-0.39, 0.29) is 17.8 Å². The van der Waals surface area contributed by atoms with Crippen molar-refractivity contribution in [3.8, 4) is 0 Å². The van der Waals surface area contributed by atoms with Gasteiger partial charge in [-0.2, -0.15) is 0 Å². The summed E-state index contributed by atoms with van der Waals surface area (Å²) in [5, 5.41) is 4.00. The van der Waals surface area contributed by atoms with Crippen LogP contribution < -0.4 is 5.32 Å². The highest BCUT2D eigenvalue weighted by Crippen LogP contribution is 2.30. The van der Waals surface area contributed by atoms with Gasteiger partial charge in [-0.15, -0.1) is 0 Å². The lowest BCUT2D eigenvalue weighted by atomic mass is 9.84. The molecule has 2 atom stereocenters. The molecule has 1 aliphatic carbocycles. The van der Waals surface area contributed by atoms with Crippen LogP contribution in [0.5, 0.6) is 0 Å². The summed E-state index contributed by atoms with van der Waals surface area (Å²) in [4.78, 5) is 14.3. The minimum absolute atomic E-state index is 0.239. The molecular formula is C17H22ClFN2O. The molecule has 1 N–H and O–H groups in total. The molecule has 22 heavy (non-hydrogen) atoms. The highest BCUT2D eigenvalue weighted by atomic mass is 35.5. The molecule has 1 amide bonds. The van der Waals surface area contributed by atoms with Crippen LogP contribution in [0, 0.1) is 17.7 Å². The summed E-state index contributed by atoms with van der Waals surface area (Å²) in [6.45, 7) is 4.23. The van der Waals surface area contributed by atoms with Crippen LogP contribution in [-0.4, -0.2) is 29.9 Å². The third-order valence-corrected chi connectivity index (χ3v) is 5.31. The Morgan fingerprint density at radius 2 is 2.18 bits per heavy atom. The molecule has 0 unspecified atom stereocenters. The van der Waals surface area contributed by atoms with Crippen molar-refractivity contribution < 1.29 is 9.18 Å². The maximum atomic E-state index is 13.3. The molecule has 120 valence electrons. The van der Waals surface area contributed by atoms with E-state index >= 15 is 0 Å². The van der Waals surface area contributed by atoms with E-state index in [9.17, 15) is 9.18 Å². The van der Waals surface area contributed by atoms with Gasteiger partial charge in [0.15, 0.2) is 0 Å². The van der Waals surface area contributed by atoms with Gasteiger partial charge in [-0.1, -0.05) is 24.9 Å². The number of nitrogens with zero attached hydrogens (tertiary/aromatic N) is 1. The van der Waals surface area contributed by atoms with Gasteiger partial charge in [-0.25, -0.2) is 4.39 Å². The molecule has 2 aliphatic rings. The van der Waals surface area contributed by atoms with E-state index < -0.39 is 0 Å². The Hall–Kier alpha value is -1.13. The van der Waals surface area contributed by atoms with Gasteiger partial charge in [0.05, 0.1) is 0 Å². The number of amides is 1.